The first-order valence-corrected chi connectivity index (χ1v) is 11.2. The van der Waals surface area contributed by atoms with Crippen LogP contribution in [0.25, 0.3) is 0 Å². The molecule has 0 unspecified atom stereocenters. The lowest BCUT2D eigenvalue weighted by Crippen LogP contribution is -2.28. The van der Waals surface area contributed by atoms with Crippen molar-refractivity contribution in [1.82, 2.24) is 15.5 Å². The number of phenols is 1. The number of phenolic OH excluding ortho intramolecular Hbond substituents is 1. The molecule has 11 nitrogen and oxygen atoms in total. The van der Waals surface area contributed by atoms with Gasteiger partial charge in [-0.25, -0.2) is 4.79 Å². The van der Waals surface area contributed by atoms with Crippen LogP contribution in [0.4, 0.5) is 10.6 Å². The van der Waals surface area contributed by atoms with Crippen molar-refractivity contribution in [1.29, 1.82) is 0 Å². The summed E-state index contributed by atoms with van der Waals surface area (Å²) in [6.07, 6.45) is 4.07. The Bertz CT molecular complexity index is 1010. The summed E-state index contributed by atoms with van der Waals surface area (Å²) in [6, 6.07) is 4.42. The Hall–Kier alpha value is -3.76. The lowest BCUT2D eigenvalue weighted by Gasteiger charge is -2.13. The highest BCUT2D eigenvalue weighted by Crippen LogP contribution is 2.36. The quantitative estimate of drug-likeness (QED) is 0.286. The molecule has 2 atom stereocenters. The molecule has 1 heterocycles. The first-order valence-electron chi connectivity index (χ1n) is 11.2. The zero-order valence-corrected chi connectivity index (χ0v) is 19.3. The average Bonchev–Trinajstić information content (AvgIpc) is 3.47. The van der Waals surface area contributed by atoms with Crippen molar-refractivity contribution >= 4 is 24.1 Å². The van der Waals surface area contributed by atoms with E-state index in [9.17, 15) is 19.5 Å². The summed E-state index contributed by atoms with van der Waals surface area (Å²) in [5.41, 5.74) is 0.766. The number of carbonyl (C=O) groups excluding carboxylic acids is 3. The molecule has 1 fully saturated rings. The van der Waals surface area contributed by atoms with E-state index in [-0.39, 0.29) is 34.8 Å². The number of rotatable bonds is 11. The van der Waals surface area contributed by atoms with Gasteiger partial charge in [0.15, 0.2) is 18.7 Å². The molecule has 34 heavy (non-hydrogen) atoms. The van der Waals surface area contributed by atoms with Gasteiger partial charge in [-0.3, -0.25) is 14.7 Å². The highest BCUT2D eigenvalue weighted by molar-refractivity contribution is 5.91. The molecular formula is C23H30N4O7. The molecular weight excluding hydrogens is 444 g/mol. The minimum Gasteiger partial charge on any atom is -0.507 e. The summed E-state index contributed by atoms with van der Waals surface area (Å²) >= 11 is 0. The molecule has 1 aromatic carbocycles. The number of benzene rings is 1. The molecule has 1 aliphatic rings. The number of nitrogens with one attached hydrogen (secondary N) is 3. The second-order valence-electron chi connectivity index (χ2n) is 8.04. The standard InChI is InChI=1S/C23H30N4O7/c1-3-4-7-24-23(31)34-15-6-5-14(8-15)18-11-21(27-26-18)25-22(30)13-33-20-10-16(32-2)9-19(29)17(20)12-28/h9-12,14-15,29H,3-8,13H2,1-2H3,(H,24,31)(H2,25,26,27,30)/t14-,15+/m0/s1. The Morgan fingerprint density at radius 1 is 1.29 bits per heavy atom. The van der Waals surface area contributed by atoms with Crippen molar-refractivity contribution in [2.75, 3.05) is 25.6 Å². The number of nitrogens with zero attached hydrogens (tertiary/aromatic N) is 1. The highest BCUT2D eigenvalue weighted by Gasteiger charge is 2.30. The van der Waals surface area contributed by atoms with Crippen molar-refractivity contribution in [2.45, 2.75) is 51.0 Å². The van der Waals surface area contributed by atoms with Gasteiger partial charge in [-0.15, -0.1) is 0 Å². The van der Waals surface area contributed by atoms with E-state index in [1.165, 1.54) is 19.2 Å². The monoisotopic (exact) mass is 474 g/mol. The third-order valence-corrected chi connectivity index (χ3v) is 5.57. The molecule has 2 amide bonds. The van der Waals surface area contributed by atoms with Gasteiger partial charge in [0.25, 0.3) is 5.91 Å². The second-order valence-corrected chi connectivity index (χ2v) is 8.04. The van der Waals surface area contributed by atoms with Gasteiger partial charge in [-0.2, -0.15) is 5.10 Å². The van der Waals surface area contributed by atoms with Gasteiger partial charge in [0.2, 0.25) is 0 Å². The first-order chi connectivity index (χ1) is 16.4. The number of hydrogen-bond donors (Lipinski definition) is 4. The van der Waals surface area contributed by atoms with Crippen LogP contribution in [-0.2, 0) is 9.53 Å². The molecule has 0 spiro atoms. The van der Waals surface area contributed by atoms with Crippen molar-refractivity contribution in [2.24, 2.45) is 0 Å². The zero-order valence-electron chi connectivity index (χ0n) is 19.3. The lowest BCUT2D eigenvalue weighted by atomic mass is 10.0. The average molecular weight is 475 g/mol. The molecule has 11 heteroatoms. The number of aromatic amines is 1. The molecule has 0 radical (unpaired) electrons. The maximum Gasteiger partial charge on any atom is 0.407 e. The normalized spacial score (nSPS) is 17.1. The van der Waals surface area contributed by atoms with Gasteiger partial charge in [-0.1, -0.05) is 13.3 Å². The van der Waals surface area contributed by atoms with Crippen LogP contribution in [0, 0.1) is 0 Å². The number of H-pyrrole nitrogens is 1. The van der Waals surface area contributed by atoms with E-state index in [4.69, 9.17) is 14.2 Å². The van der Waals surface area contributed by atoms with Crippen LogP contribution >= 0.6 is 0 Å². The third-order valence-electron chi connectivity index (χ3n) is 5.57. The summed E-state index contributed by atoms with van der Waals surface area (Å²) in [5, 5.41) is 22.3. The number of ether oxygens (including phenoxy) is 3. The molecule has 0 aliphatic heterocycles. The number of methoxy groups -OCH3 is 1. The topological polar surface area (TPSA) is 152 Å². The maximum atomic E-state index is 12.3. The van der Waals surface area contributed by atoms with Crippen molar-refractivity contribution in [3.63, 3.8) is 0 Å². The number of alkyl carbamates (subject to hydrolysis) is 1. The van der Waals surface area contributed by atoms with E-state index in [1.54, 1.807) is 6.07 Å². The van der Waals surface area contributed by atoms with E-state index in [0.29, 0.717) is 25.1 Å². The van der Waals surface area contributed by atoms with Gasteiger partial charge in [0.1, 0.15) is 23.4 Å². The number of aromatic nitrogens is 2. The number of carbonyl (C=O) groups is 3. The van der Waals surface area contributed by atoms with Crippen molar-refractivity contribution in [3.05, 3.63) is 29.5 Å². The lowest BCUT2D eigenvalue weighted by molar-refractivity contribution is -0.118. The number of hydrogen-bond acceptors (Lipinski definition) is 8. The van der Waals surface area contributed by atoms with Gasteiger partial charge < -0.3 is 30.0 Å². The van der Waals surface area contributed by atoms with Crippen molar-refractivity contribution in [3.8, 4) is 17.2 Å². The van der Waals surface area contributed by atoms with Gasteiger partial charge in [-0.05, 0) is 25.7 Å². The molecule has 1 saturated carbocycles. The smallest absolute Gasteiger partial charge is 0.407 e. The van der Waals surface area contributed by atoms with E-state index < -0.39 is 18.6 Å². The van der Waals surface area contributed by atoms with Crippen LogP contribution in [0.1, 0.15) is 61.0 Å². The van der Waals surface area contributed by atoms with Crippen LogP contribution in [0.5, 0.6) is 17.2 Å². The zero-order chi connectivity index (χ0) is 24.5. The molecule has 184 valence electrons. The van der Waals surface area contributed by atoms with Gasteiger partial charge in [0.05, 0.1) is 12.7 Å². The number of amides is 2. The Labute approximate surface area is 197 Å². The van der Waals surface area contributed by atoms with Crippen LogP contribution in [0.2, 0.25) is 0 Å². The summed E-state index contributed by atoms with van der Waals surface area (Å²) < 4.78 is 15.9. The van der Waals surface area contributed by atoms with Crippen molar-refractivity contribution < 1.29 is 33.7 Å². The van der Waals surface area contributed by atoms with E-state index in [2.05, 4.69) is 27.8 Å². The SMILES string of the molecule is CCCCNC(=O)O[C@@H]1CC[C@H](c2cc(NC(=O)COc3cc(OC)cc(O)c3C=O)n[nH]2)C1. The summed E-state index contributed by atoms with van der Waals surface area (Å²) in [6.45, 7) is 2.26. The minimum atomic E-state index is -0.492. The summed E-state index contributed by atoms with van der Waals surface area (Å²) in [7, 11) is 1.40. The fraction of sp³-hybridized carbons (Fsp3) is 0.478. The number of aromatic hydroxyl groups is 1. The molecule has 1 aromatic heterocycles. The second kappa shape index (κ2) is 11.9. The Morgan fingerprint density at radius 3 is 2.85 bits per heavy atom. The maximum absolute atomic E-state index is 12.3. The van der Waals surface area contributed by atoms with Crippen LogP contribution in [-0.4, -0.2) is 60.0 Å². The van der Waals surface area contributed by atoms with Gasteiger partial charge >= 0.3 is 6.09 Å². The molecule has 0 bridgehead atoms. The largest absolute Gasteiger partial charge is 0.507 e. The fourth-order valence-electron chi connectivity index (χ4n) is 3.76. The Morgan fingerprint density at radius 2 is 2.12 bits per heavy atom. The number of anilines is 1. The first kappa shape index (κ1) is 24.9. The van der Waals surface area contributed by atoms with Gasteiger partial charge in [0, 0.05) is 36.4 Å². The minimum absolute atomic E-state index is 0.0282. The highest BCUT2D eigenvalue weighted by atomic mass is 16.6. The van der Waals surface area contributed by atoms with Crippen LogP contribution < -0.4 is 20.1 Å². The molecule has 0 saturated heterocycles. The molecule has 1 aliphatic carbocycles. The Balaban J connectivity index is 1.49. The predicted molar refractivity (Wildman–Crippen MR) is 123 cm³/mol. The summed E-state index contributed by atoms with van der Waals surface area (Å²) in [4.78, 5) is 35.4. The molecule has 2 aromatic rings. The van der Waals surface area contributed by atoms with Crippen LogP contribution in [0.3, 0.4) is 0 Å². The van der Waals surface area contributed by atoms with E-state index in [1.807, 2.05) is 0 Å². The summed E-state index contributed by atoms with van der Waals surface area (Å²) in [5.74, 6) is -0.0205. The third kappa shape index (κ3) is 6.63. The van der Waals surface area contributed by atoms with E-state index in [0.717, 1.165) is 31.4 Å². The van der Waals surface area contributed by atoms with E-state index >= 15 is 0 Å². The Kier molecular flexibility index (Phi) is 8.72. The predicted octanol–water partition coefficient (Wildman–Crippen LogP) is 3.12. The number of aldehydes is 1. The number of unbranched alkanes of at least 4 members (excludes halogenated alkanes) is 1. The van der Waals surface area contributed by atoms with Crippen LogP contribution in [0.15, 0.2) is 18.2 Å². The molecule has 3 rings (SSSR count). The fourth-order valence-corrected chi connectivity index (χ4v) is 3.76. The molecule has 4 N–H and O–H groups in total.